The standard InChI is InChI=1S/C15H20N2O/c1-3-5-13-6-4-7-14(12-13)17-10-8-15(2,16-18)9-11-17/h3-4,6-7,12H,1,5,8-11H2,2H3. The molecule has 18 heavy (non-hydrogen) atoms. The first-order chi connectivity index (χ1) is 8.67. The Morgan fingerprint density at radius 3 is 2.78 bits per heavy atom. The Morgan fingerprint density at radius 1 is 1.44 bits per heavy atom. The molecule has 0 unspecified atom stereocenters. The fourth-order valence-electron chi connectivity index (χ4n) is 2.38. The minimum absolute atomic E-state index is 0.366. The van der Waals surface area contributed by atoms with E-state index < -0.39 is 0 Å². The molecule has 2 rings (SSSR count). The summed E-state index contributed by atoms with van der Waals surface area (Å²) >= 11 is 0. The summed E-state index contributed by atoms with van der Waals surface area (Å²) in [4.78, 5) is 13.1. The van der Waals surface area contributed by atoms with Gasteiger partial charge in [0.05, 0.1) is 0 Å². The summed E-state index contributed by atoms with van der Waals surface area (Å²) in [5, 5.41) is 3.26. The summed E-state index contributed by atoms with van der Waals surface area (Å²) in [6.07, 6.45) is 4.49. The highest BCUT2D eigenvalue weighted by atomic mass is 16.3. The highest BCUT2D eigenvalue weighted by molar-refractivity contribution is 5.49. The van der Waals surface area contributed by atoms with Gasteiger partial charge in [0.15, 0.2) is 0 Å². The molecule has 3 heteroatoms. The molecular weight excluding hydrogens is 224 g/mol. The number of piperidine rings is 1. The van der Waals surface area contributed by atoms with Crippen LogP contribution in [0.25, 0.3) is 0 Å². The van der Waals surface area contributed by atoms with Crippen molar-refractivity contribution in [2.45, 2.75) is 31.7 Å². The number of hydrogen-bond donors (Lipinski definition) is 0. The first-order valence-electron chi connectivity index (χ1n) is 6.46. The molecule has 1 aromatic carbocycles. The molecule has 1 aliphatic rings. The smallest absolute Gasteiger partial charge is 0.103 e. The van der Waals surface area contributed by atoms with Gasteiger partial charge in [-0.3, -0.25) is 0 Å². The Balaban J connectivity index is 2.07. The molecule has 0 N–H and O–H groups in total. The lowest BCUT2D eigenvalue weighted by atomic mass is 9.90. The Hall–Kier alpha value is -1.64. The van der Waals surface area contributed by atoms with Crippen LogP contribution < -0.4 is 4.90 Å². The molecule has 1 aromatic rings. The van der Waals surface area contributed by atoms with Gasteiger partial charge in [0, 0.05) is 18.8 Å². The van der Waals surface area contributed by atoms with Crippen LogP contribution in [0.2, 0.25) is 0 Å². The molecule has 0 saturated carbocycles. The van der Waals surface area contributed by atoms with Crippen molar-refractivity contribution in [2.24, 2.45) is 5.18 Å². The van der Waals surface area contributed by atoms with Crippen LogP contribution in [0.1, 0.15) is 25.3 Å². The van der Waals surface area contributed by atoms with E-state index in [1.807, 2.05) is 13.0 Å². The van der Waals surface area contributed by atoms with Crippen LogP contribution in [0.15, 0.2) is 42.1 Å². The summed E-state index contributed by atoms with van der Waals surface area (Å²) in [5.41, 5.74) is 2.15. The van der Waals surface area contributed by atoms with Gasteiger partial charge < -0.3 is 4.90 Å². The largest absolute Gasteiger partial charge is 0.371 e. The average molecular weight is 244 g/mol. The van der Waals surface area contributed by atoms with E-state index in [0.29, 0.717) is 0 Å². The molecule has 96 valence electrons. The summed E-state index contributed by atoms with van der Waals surface area (Å²) in [7, 11) is 0. The predicted molar refractivity (Wildman–Crippen MR) is 76.0 cm³/mol. The van der Waals surface area contributed by atoms with Crippen molar-refractivity contribution >= 4 is 5.69 Å². The molecule has 3 nitrogen and oxygen atoms in total. The summed E-state index contributed by atoms with van der Waals surface area (Å²) in [5.74, 6) is 0. The van der Waals surface area contributed by atoms with E-state index in [1.54, 1.807) is 0 Å². The number of rotatable bonds is 4. The van der Waals surface area contributed by atoms with Crippen LogP contribution in [0.5, 0.6) is 0 Å². The fraction of sp³-hybridized carbons (Fsp3) is 0.467. The average Bonchev–Trinajstić information content (AvgIpc) is 2.40. The first kappa shape index (κ1) is 12.8. The third-order valence-electron chi connectivity index (χ3n) is 3.72. The minimum Gasteiger partial charge on any atom is -0.371 e. The topological polar surface area (TPSA) is 32.7 Å². The van der Waals surface area contributed by atoms with E-state index >= 15 is 0 Å². The van der Waals surface area contributed by atoms with Crippen molar-refractivity contribution < 1.29 is 0 Å². The van der Waals surface area contributed by atoms with Crippen LogP contribution in [0.4, 0.5) is 5.69 Å². The molecule has 1 saturated heterocycles. The normalized spacial score (nSPS) is 18.4. The highest BCUT2D eigenvalue weighted by Gasteiger charge is 2.31. The maximum atomic E-state index is 10.8. The van der Waals surface area contributed by atoms with Crippen LogP contribution in [-0.4, -0.2) is 18.6 Å². The van der Waals surface area contributed by atoms with Gasteiger partial charge in [0.1, 0.15) is 5.54 Å². The van der Waals surface area contributed by atoms with E-state index in [4.69, 9.17) is 0 Å². The zero-order valence-corrected chi connectivity index (χ0v) is 10.9. The van der Waals surface area contributed by atoms with Gasteiger partial charge in [0.2, 0.25) is 0 Å². The molecule has 1 fully saturated rings. The minimum atomic E-state index is -0.366. The van der Waals surface area contributed by atoms with Crippen molar-refractivity contribution in [1.29, 1.82) is 0 Å². The van der Waals surface area contributed by atoms with Crippen molar-refractivity contribution in [1.82, 2.24) is 0 Å². The molecule has 0 aliphatic carbocycles. The lowest BCUT2D eigenvalue weighted by Gasteiger charge is -2.36. The Morgan fingerprint density at radius 2 is 2.17 bits per heavy atom. The summed E-state index contributed by atoms with van der Waals surface area (Å²) < 4.78 is 0. The van der Waals surface area contributed by atoms with Gasteiger partial charge in [-0.15, -0.1) is 6.58 Å². The third-order valence-corrected chi connectivity index (χ3v) is 3.72. The fourth-order valence-corrected chi connectivity index (χ4v) is 2.38. The maximum absolute atomic E-state index is 10.8. The molecule has 1 aliphatic heterocycles. The molecule has 0 radical (unpaired) electrons. The van der Waals surface area contributed by atoms with Gasteiger partial charge in [-0.2, -0.15) is 4.91 Å². The van der Waals surface area contributed by atoms with Crippen LogP contribution >= 0.6 is 0 Å². The van der Waals surface area contributed by atoms with Crippen molar-refractivity contribution in [2.75, 3.05) is 18.0 Å². The monoisotopic (exact) mass is 244 g/mol. The van der Waals surface area contributed by atoms with E-state index in [9.17, 15) is 4.91 Å². The zero-order chi connectivity index (χ0) is 13.0. The molecule has 0 spiro atoms. The van der Waals surface area contributed by atoms with Gasteiger partial charge in [-0.25, -0.2) is 0 Å². The van der Waals surface area contributed by atoms with Crippen LogP contribution in [0.3, 0.4) is 0 Å². The lowest BCUT2D eigenvalue weighted by Crippen LogP contribution is -2.41. The first-order valence-corrected chi connectivity index (χ1v) is 6.46. The molecule has 0 atom stereocenters. The van der Waals surface area contributed by atoms with Crippen LogP contribution in [0, 0.1) is 4.91 Å². The van der Waals surface area contributed by atoms with Gasteiger partial charge in [-0.05, 0) is 43.9 Å². The second-order valence-corrected chi connectivity index (χ2v) is 5.24. The number of benzene rings is 1. The molecular formula is C15H20N2O. The van der Waals surface area contributed by atoms with Gasteiger partial charge >= 0.3 is 0 Å². The zero-order valence-electron chi connectivity index (χ0n) is 10.9. The molecule has 0 bridgehead atoms. The summed E-state index contributed by atoms with van der Waals surface area (Å²) in [6, 6.07) is 8.54. The lowest BCUT2D eigenvalue weighted by molar-refractivity contribution is 0.364. The van der Waals surface area contributed by atoms with E-state index in [0.717, 1.165) is 32.4 Å². The quantitative estimate of drug-likeness (QED) is 0.599. The number of hydrogen-bond acceptors (Lipinski definition) is 3. The van der Waals surface area contributed by atoms with E-state index in [1.165, 1.54) is 11.3 Å². The highest BCUT2D eigenvalue weighted by Crippen LogP contribution is 2.29. The predicted octanol–water partition coefficient (Wildman–Crippen LogP) is 3.54. The van der Waals surface area contributed by atoms with E-state index in [2.05, 4.69) is 40.9 Å². The Kier molecular flexibility index (Phi) is 3.80. The Labute approximate surface area is 108 Å². The van der Waals surface area contributed by atoms with Crippen molar-refractivity contribution in [3.05, 3.63) is 47.4 Å². The number of nitroso groups, excluding NO2 is 1. The van der Waals surface area contributed by atoms with Crippen molar-refractivity contribution in [3.63, 3.8) is 0 Å². The molecule has 0 aromatic heterocycles. The second-order valence-electron chi connectivity index (χ2n) is 5.24. The third kappa shape index (κ3) is 2.78. The Bertz CT molecular complexity index is 434. The van der Waals surface area contributed by atoms with Gasteiger partial charge in [0.25, 0.3) is 0 Å². The number of anilines is 1. The van der Waals surface area contributed by atoms with Crippen molar-refractivity contribution in [3.8, 4) is 0 Å². The molecule has 1 heterocycles. The number of nitrogens with zero attached hydrogens (tertiary/aromatic N) is 2. The number of allylic oxidation sites excluding steroid dienone is 1. The maximum Gasteiger partial charge on any atom is 0.103 e. The van der Waals surface area contributed by atoms with Gasteiger partial charge in [-0.1, -0.05) is 23.4 Å². The SMILES string of the molecule is C=CCc1cccc(N2CCC(C)(N=O)CC2)c1. The van der Waals surface area contributed by atoms with Crippen LogP contribution in [-0.2, 0) is 6.42 Å². The summed E-state index contributed by atoms with van der Waals surface area (Å²) in [6.45, 7) is 7.52. The molecule has 0 amide bonds. The second kappa shape index (κ2) is 5.34. The van der Waals surface area contributed by atoms with E-state index in [-0.39, 0.29) is 5.54 Å².